The maximum absolute atomic E-state index is 4.27. The van der Waals surface area contributed by atoms with Crippen molar-refractivity contribution >= 4 is 0 Å². The minimum absolute atomic E-state index is 0.160. The van der Waals surface area contributed by atoms with Crippen molar-refractivity contribution < 1.29 is 0 Å². The average Bonchev–Trinajstić information content (AvgIpc) is 2.60. The second kappa shape index (κ2) is 5.58. The van der Waals surface area contributed by atoms with Crippen molar-refractivity contribution in [3.05, 3.63) is 5.82 Å². The van der Waals surface area contributed by atoms with Crippen LogP contribution in [0.2, 0.25) is 0 Å². The van der Waals surface area contributed by atoms with Crippen molar-refractivity contribution in [1.82, 2.24) is 25.5 Å². The molecule has 0 spiro atoms. The molecule has 0 aliphatic carbocycles. The number of hydrogen-bond acceptors (Lipinski definition) is 4. The Hall–Kier alpha value is -0.970. The predicted molar refractivity (Wildman–Crippen MR) is 68.6 cm³/mol. The zero-order valence-electron chi connectivity index (χ0n) is 11.9. The topological polar surface area (TPSA) is 55.6 Å². The van der Waals surface area contributed by atoms with Gasteiger partial charge in [-0.15, -0.1) is 10.2 Å². The number of aromatic nitrogens is 4. The fourth-order valence-corrected chi connectivity index (χ4v) is 1.66. The van der Waals surface area contributed by atoms with Gasteiger partial charge in [-0.2, -0.15) is 4.80 Å². The van der Waals surface area contributed by atoms with Crippen LogP contribution >= 0.6 is 0 Å². The van der Waals surface area contributed by atoms with Gasteiger partial charge in [-0.05, 0) is 16.5 Å². The van der Waals surface area contributed by atoms with Gasteiger partial charge in [-0.25, -0.2) is 0 Å². The minimum Gasteiger partial charge on any atom is -0.314 e. The molecule has 0 aliphatic rings. The lowest BCUT2D eigenvalue weighted by Gasteiger charge is -2.34. The Labute approximate surface area is 104 Å². The Balaban J connectivity index is 2.70. The molecule has 5 nitrogen and oxygen atoms in total. The van der Waals surface area contributed by atoms with Crippen molar-refractivity contribution in [3.63, 3.8) is 0 Å². The number of hydrogen-bond donors (Lipinski definition) is 1. The fraction of sp³-hybridized carbons (Fsp3) is 0.917. The normalized spacial score (nSPS) is 15.5. The van der Waals surface area contributed by atoms with Gasteiger partial charge in [0.2, 0.25) is 0 Å². The molecule has 1 heterocycles. The van der Waals surface area contributed by atoms with Crippen LogP contribution in [0.4, 0.5) is 0 Å². The van der Waals surface area contributed by atoms with Crippen LogP contribution in [-0.2, 0) is 13.5 Å². The average molecular weight is 239 g/mol. The Morgan fingerprint density at radius 2 is 1.94 bits per heavy atom. The highest BCUT2D eigenvalue weighted by Gasteiger charge is 2.30. The van der Waals surface area contributed by atoms with Gasteiger partial charge < -0.3 is 5.32 Å². The highest BCUT2D eigenvalue weighted by Crippen LogP contribution is 2.29. The van der Waals surface area contributed by atoms with Crippen molar-refractivity contribution in [2.75, 3.05) is 6.54 Å². The van der Waals surface area contributed by atoms with Gasteiger partial charge in [0.15, 0.2) is 5.82 Å². The summed E-state index contributed by atoms with van der Waals surface area (Å²) < 4.78 is 0. The summed E-state index contributed by atoms with van der Waals surface area (Å²) >= 11 is 0. The van der Waals surface area contributed by atoms with Crippen LogP contribution in [0.1, 0.15) is 40.4 Å². The van der Waals surface area contributed by atoms with E-state index in [9.17, 15) is 0 Å². The Bertz CT molecular complexity index is 344. The summed E-state index contributed by atoms with van der Waals surface area (Å²) in [7, 11) is 1.80. The molecule has 1 aromatic heterocycles. The van der Waals surface area contributed by atoms with E-state index in [-0.39, 0.29) is 5.41 Å². The van der Waals surface area contributed by atoms with Gasteiger partial charge >= 0.3 is 0 Å². The van der Waals surface area contributed by atoms with E-state index in [1.165, 1.54) is 4.80 Å². The fourth-order valence-electron chi connectivity index (χ4n) is 1.66. The van der Waals surface area contributed by atoms with Gasteiger partial charge in [0.1, 0.15) is 0 Å². The van der Waals surface area contributed by atoms with Crippen molar-refractivity contribution in [2.45, 2.75) is 47.1 Å². The van der Waals surface area contributed by atoms with E-state index in [1.54, 1.807) is 7.05 Å². The summed E-state index contributed by atoms with van der Waals surface area (Å²) in [5.41, 5.74) is 0.160. The highest BCUT2D eigenvalue weighted by molar-refractivity contribution is 4.91. The molecule has 17 heavy (non-hydrogen) atoms. The third-order valence-corrected chi connectivity index (χ3v) is 3.42. The first-order valence-electron chi connectivity index (χ1n) is 6.30. The summed E-state index contributed by atoms with van der Waals surface area (Å²) in [6, 6.07) is 0.503. The molecule has 0 saturated carbocycles. The molecule has 5 heteroatoms. The van der Waals surface area contributed by atoms with E-state index < -0.39 is 0 Å². The molecule has 0 fully saturated rings. The van der Waals surface area contributed by atoms with Gasteiger partial charge in [0.25, 0.3) is 0 Å². The third kappa shape index (κ3) is 4.07. The molecule has 0 saturated heterocycles. The Morgan fingerprint density at radius 3 is 2.35 bits per heavy atom. The van der Waals surface area contributed by atoms with Gasteiger partial charge in [-0.1, -0.05) is 34.6 Å². The Morgan fingerprint density at radius 1 is 1.29 bits per heavy atom. The molecule has 1 atom stereocenters. The van der Waals surface area contributed by atoms with Gasteiger partial charge in [0.05, 0.1) is 7.05 Å². The number of nitrogens with one attached hydrogen (secondary N) is 1. The SMILES string of the molecule is CC(C)NCC(C)(Cc1nnn(C)n1)C(C)C. The predicted octanol–water partition coefficient (Wildman–Crippen LogP) is 1.41. The molecule has 1 N–H and O–H groups in total. The van der Waals surface area contributed by atoms with Crippen molar-refractivity contribution in [1.29, 1.82) is 0 Å². The molecule has 0 aliphatic heterocycles. The van der Waals surface area contributed by atoms with E-state index in [4.69, 9.17) is 0 Å². The van der Waals surface area contributed by atoms with Crippen LogP contribution in [0.3, 0.4) is 0 Å². The quantitative estimate of drug-likeness (QED) is 0.815. The van der Waals surface area contributed by atoms with Crippen LogP contribution in [0, 0.1) is 11.3 Å². The molecular formula is C12H25N5. The molecule has 1 unspecified atom stereocenters. The minimum atomic E-state index is 0.160. The molecule has 0 bridgehead atoms. The second-order valence-electron chi connectivity index (χ2n) is 5.72. The first-order chi connectivity index (χ1) is 7.83. The molecule has 1 rings (SSSR count). The van der Waals surface area contributed by atoms with Crippen molar-refractivity contribution in [3.8, 4) is 0 Å². The summed E-state index contributed by atoms with van der Waals surface area (Å²) in [6.45, 7) is 12.1. The summed E-state index contributed by atoms with van der Waals surface area (Å²) in [6.07, 6.45) is 0.859. The smallest absolute Gasteiger partial charge is 0.175 e. The maximum atomic E-state index is 4.27. The molecule has 98 valence electrons. The van der Waals surface area contributed by atoms with E-state index in [0.717, 1.165) is 18.8 Å². The molecule has 0 amide bonds. The first kappa shape index (κ1) is 14.1. The number of rotatable bonds is 6. The van der Waals surface area contributed by atoms with Crippen LogP contribution in [0.5, 0.6) is 0 Å². The molecule has 0 aromatic carbocycles. The van der Waals surface area contributed by atoms with Crippen LogP contribution in [0.25, 0.3) is 0 Å². The third-order valence-electron chi connectivity index (χ3n) is 3.42. The van der Waals surface area contributed by atoms with E-state index in [2.05, 4.69) is 55.3 Å². The van der Waals surface area contributed by atoms with Crippen LogP contribution < -0.4 is 5.32 Å². The monoisotopic (exact) mass is 239 g/mol. The molecular weight excluding hydrogens is 214 g/mol. The standard InChI is InChI=1S/C12H25N5/c1-9(2)12(5,8-13-10(3)4)7-11-14-16-17(6)15-11/h9-10,13H,7-8H2,1-6H3. The molecule has 1 aromatic rings. The number of nitrogens with zero attached hydrogens (tertiary/aromatic N) is 4. The first-order valence-corrected chi connectivity index (χ1v) is 6.30. The largest absolute Gasteiger partial charge is 0.314 e. The summed E-state index contributed by atoms with van der Waals surface area (Å²) in [5.74, 6) is 1.40. The van der Waals surface area contributed by atoms with Crippen molar-refractivity contribution in [2.24, 2.45) is 18.4 Å². The van der Waals surface area contributed by atoms with E-state index in [1.807, 2.05) is 0 Å². The zero-order chi connectivity index (χ0) is 13.1. The molecule has 0 radical (unpaired) electrons. The number of tetrazole rings is 1. The maximum Gasteiger partial charge on any atom is 0.175 e. The highest BCUT2D eigenvalue weighted by atomic mass is 15.6. The lowest BCUT2D eigenvalue weighted by atomic mass is 9.76. The van der Waals surface area contributed by atoms with E-state index in [0.29, 0.717) is 12.0 Å². The van der Waals surface area contributed by atoms with E-state index >= 15 is 0 Å². The second-order valence-corrected chi connectivity index (χ2v) is 5.72. The van der Waals surface area contributed by atoms with Gasteiger partial charge in [-0.3, -0.25) is 0 Å². The van der Waals surface area contributed by atoms with Crippen LogP contribution in [0.15, 0.2) is 0 Å². The lowest BCUT2D eigenvalue weighted by molar-refractivity contribution is 0.198. The lowest BCUT2D eigenvalue weighted by Crippen LogP contribution is -2.40. The summed E-state index contributed by atoms with van der Waals surface area (Å²) in [5, 5.41) is 15.8. The van der Waals surface area contributed by atoms with Gasteiger partial charge in [0, 0.05) is 19.0 Å². The van der Waals surface area contributed by atoms with Crippen LogP contribution in [-0.4, -0.2) is 32.8 Å². The number of aryl methyl sites for hydroxylation is 1. The zero-order valence-corrected chi connectivity index (χ0v) is 11.9. The Kier molecular flexibility index (Phi) is 4.62. The summed E-state index contributed by atoms with van der Waals surface area (Å²) in [4.78, 5) is 1.52.